The Hall–Kier alpha value is -2.60. The van der Waals surface area contributed by atoms with Crippen molar-refractivity contribution in [1.82, 2.24) is 14.8 Å². The highest BCUT2D eigenvalue weighted by Gasteiger charge is 2.26. The molecule has 1 amide bonds. The Balaban J connectivity index is 1.48. The van der Waals surface area contributed by atoms with Crippen LogP contribution in [0.1, 0.15) is 29.7 Å². The number of hydrogen-bond acceptors (Lipinski definition) is 5. The van der Waals surface area contributed by atoms with Gasteiger partial charge in [0.05, 0.1) is 11.4 Å². The van der Waals surface area contributed by atoms with Crippen molar-refractivity contribution in [2.75, 3.05) is 32.5 Å². The monoisotopic (exact) mass is 382 g/mol. The second kappa shape index (κ2) is 9.06. The largest absolute Gasteiger partial charge is 0.481 e. The molecule has 1 aliphatic rings. The summed E-state index contributed by atoms with van der Waals surface area (Å²) in [4.78, 5) is 21.2. The van der Waals surface area contributed by atoms with E-state index in [2.05, 4.69) is 16.0 Å². The number of amides is 1. The van der Waals surface area contributed by atoms with Gasteiger partial charge in [0.1, 0.15) is 5.75 Å². The fourth-order valence-electron chi connectivity index (χ4n) is 3.81. The minimum Gasteiger partial charge on any atom is -0.481 e. The highest BCUT2D eigenvalue weighted by molar-refractivity contribution is 5.78. The number of ether oxygens (including phenoxy) is 1. The molecule has 0 saturated carbocycles. The predicted octanol–water partition coefficient (Wildman–Crippen LogP) is 2.78. The molecule has 0 radical (unpaired) electrons. The molecular formula is C22H30N4O2. The normalized spacial score (nSPS) is 15.4. The second-order valence-corrected chi connectivity index (χ2v) is 7.62. The summed E-state index contributed by atoms with van der Waals surface area (Å²) in [5.41, 5.74) is 9.75. The van der Waals surface area contributed by atoms with Gasteiger partial charge in [0, 0.05) is 38.9 Å². The van der Waals surface area contributed by atoms with E-state index in [1.165, 1.54) is 0 Å². The van der Waals surface area contributed by atoms with Gasteiger partial charge in [0.25, 0.3) is 5.91 Å². The second-order valence-electron chi connectivity index (χ2n) is 7.62. The van der Waals surface area contributed by atoms with E-state index < -0.39 is 0 Å². The maximum Gasteiger partial charge on any atom is 0.260 e. The molecule has 1 fully saturated rings. The van der Waals surface area contributed by atoms with Crippen LogP contribution in [0.5, 0.6) is 5.75 Å². The molecule has 0 spiro atoms. The number of aryl methyl sites for hydroxylation is 2. The summed E-state index contributed by atoms with van der Waals surface area (Å²) in [5.74, 6) is 0.597. The summed E-state index contributed by atoms with van der Waals surface area (Å²) < 4.78 is 5.76. The molecule has 0 aliphatic carbocycles. The van der Waals surface area contributed by atoms with Crippen LogP contribution < -0.4 is 10.5 Å². The van der Waals surface area contributed by atoms with Crippen LogP contribution in [0.3, 0.4) is 0 Å². The molecule has 2 heterocycles. The number of nitrogen functional groups attached to an aromatic ring is 1. The number of likely N-dealkylation sites (N-methyl/N-ethyl adjacent to an activating group) is 1. The molecule has 2 aromatic rings. The summed E-state index contributed by atoms with van der Waals surface area (Å²) in [7, 11) is 1.87. The minimum atomic E-state index is -0.0115. The molecule has 6 nitrogen and oxygen atoms in total. The van der Waals surface area contributed by atoms with Crippen LogP contribution in [0.2, 0.25) is 0 Å². The number of pyridine rings is 1. The average molecular weight is 383 g/mol. The molecule has 1 aliphatic heterocycles. The number of rotatable bonds is 6. The number of hydrogen-bond donors (Lipinski definition) is 1. The summed E-state index contributed by atoms with van der Waals surface area (Å²) >= 11 is 0. The molecule has 1 aromatic carbocycles. The Morgan fingerprint density at radius 2 is 2.04 bits per heavy atom. The van der Waals surface area contributed by atoms with E-state index >= 15 is 0 Å². The summed E-state index contributed by atoms with van der Waals surface area (Å²) in [6.45, 7) is 6.74. The number of anilines is 1. The van der Waals surface area contributed by atoms with Crippen LogP contribution >= 0.6 is 0 Å². The van der Waals surface area contributed by atoms with E-state index in [1.807, 2.05) is 56.3 Å². The molecular weight excluding hydrogens is 352 g/mol. The highest BCUT2D eigenvalue weighted by Crippen LogP contribution is 2.27. The van der Waals surface area contributed by atoms with Gasteiger partial charge in [-0.15, -0.1) is 0 Å². The Bertz CT molecular complexity index is 778. The molecule has 0 unspecified atom stereocenters. The van der Waals surface area contributed by atoms with Crippen molar-refractivity contribution < 1.29 is 9.53 Å². The van der Waals surface area contributed by atoms with Gasteiger partial charge in [-0.25, -0.2) is 0 Å². The van der Waals surface area contributed by atoms with Gasteiger partial charge in [-0.05, 0) is 56.0 Å². The molecule has 28 heavy (non-hydrogen) atoms. The van der Waals surface area contributed by atoms with E-state index in [1.54, 1.807) is 0 Å². The maximum atomic E-state index is 12.6. The third-order valence-electron chi connectivity index (χ3n) is 5.40. The van der Waals surface area contributed by atoms with E-state index in [0.29, 0.717) is 11.4 Å². The van der Waals surface area contributed by atoms with E-state index in [-0.39, 0.29) is 18.6 Å². The van der Waals surface area contributed by atoms with Crippen molar-refractivity contribution in [3.8, 4) is 5.75 Å². The topological polar surface area (TPSA) is 71.7 Å². The quantitative estimate of drug-likeness (QED) is 0.778. The van der Waals surface area contributed by atoms with Crippen LogP contribution in [-0.2, 0) is 11.3 Å². The lowest BCUT2D eigenvalue weighted by Crippen LogP contribution is -2.46. The lowest BCUT2D eigenvalue weighted by molar-refractivity contribution is -0.135. The van der Waals surface area contributed by atoms with Crippen LogP contribution in [-0.4, -0.2) is 53.5 Å². The van der Waals surface area contributed by atoms with Crippen molar-refractivity contribution in [2.45, 2.75) is 39.3 Å². The first kappa shape index (κ1) is 20.1. The van der Waals surface area contributed by atoms with Crippen LogP contribution in [0.4, 0.5) is 5.69 Å². The van der Waals surface area contributed by atoms with Crippen molar-refractivity contribution in [3.63, 3.8) is 0 Å². The van der Waals surface area contributed by atoms with Gasteiger partial charge in [-0.1, -0.05) is 12.1 Å². The van der Waals surface area contributed by atoms with Crippen LogP contribution in [0, 0.1) is 13.8 Å². The lowest BCUT2D eigenvalue weighted by Gasteiger charge is -2.36. The standard InChI is InChI=1S/C22H30N4O2/c1-16-12-17(2)22(20(23)13-16)28-15-21(27)25(3)19-7-10-26(11-8-19)14-18-6-4-5-9-24-18/h4-6,9,12-13,19H,7-8,10-11,14-15,23H2,1-3H3. The third kappa shape index (κ3) is 5.01. The zero-order valence-electron chi connectivity index (χ0n) is 17.0. The Kier molecular flexibility index (Phi) is 6.52. The summed E-state index contributed by atoms with van der Waals surface area (Å²) in [5, 5.41) is 0. The highest BCUT2D eigenvalue weighted by atomic mass is 16.5. The van der Waals surface area contributed by atoms with Gasteiger partial charge >= 0.3 is 0 Å². The zero-order valence-corrected chi connectivity index (χ0v) is 17.0. The van der Waals surface area contributed by atoms with Gasteiger partial charge in [-0.3, -0.25) is 14.7 Å². The van der Waals surface area contributed by atoms with E-state index in [9.17, 15) is 4.79 Å². The van der Waals surface area contributed by atoms with Crippen molar-refractivity contribution in [3.05, 3.63) is 53.3 Å². The smallest absolute Gasteiger partial charge is 0.260 e. The lowest BCUT2D eigenvalue weighted by atomic mass is 10.0. The Morgan fingerprint density at radius 3 is 2.68 bits per heavy atom. The Morgan fingerprint density at radius 1 is 1.29 bits per heavy atom. The first-order chi connectivity index (χ1) is 13.4. The fraction of sp³-hybridized carbons (Fsp3) is 0.455. The maximum absolute atomic E-state index is 12.6. The summed E-state index contributed by atoms with van der Waals surface area (Å²) in [6.07, 6.45) is 3.75. The summed E-state index contributed by atoms with van der Waals surface area (Å²) in [6, 6.07) is 10.1. The van der Waals surface area contributed by atoms with Crippen molar-refractivity contribution in [2.24, 2.45) is 0 Å². The number of aromatic nitrogens is 1. The first-order valence-corrected chi connectivity index (χ1v) is 9.81. The number of nitrogens with two attached hydrogens (primary N) is 1. The average Bonchev–Trinajstić information content (AvgIpc) is 2.68. The third-order valence-corrected chi connectivity index (χ3v) is 5.40. The molecule has 1 saturated heterocycles. The molecule has 1 aromatic heterocycles. The van der Waals surface area contributed by atoms with E-state index in [4.69, 9.17) is 10.5 Å². The molecule has 150 valence electrons. The molecule has 6 heteroatoms. The molecule has 2 N–H and O–H groups in total. The number of nitrogens with zero attached hydrogens (tertiary/aromatic N) is 3. The Labute approximate surface area is 167 Å². The van der Waals surface area contributed by atoms with Gasteiger partial charge in [0.15, 0.2) is 6.61 Å². The van der Waals surface area contributed by atoms with Gasteiger partial charge < -0.3 is 15.4 Å². The van der Waals surface area contributed by atoms with Crippen molar-refractivity contribution >= 4 is 11.6 Å². The van der Waals surface area contributed by atoms with Gasteiger partial charge in [0.2, 0.25) is 0 Å². The number of piperidine rings is 1. The SMILES string of the molecule is Cc1cc(C)c(OCC(=O)N(C)C2CCN(Cc3ccccn3)CC2)c(N)c1. The number of benzene rings is 1. The fourth-order valence-corrected chi connectivity index (χ4v) is 3.81. The van der Waals surface area contributed by atoms with Gasteiger partial charge in [-0.2, -0.15) is 0 Å². The van der Waals surface area contributed by atoms with Crippen molar-refractivity contribution in [1.29, 1.82) is 0 Å². The number of carbonyl (C=O) groups is 1. The molecule has 3 rings (SSSR count). The van der Waals surface area contributed by atoms with Crippen LogP contribution in [0.15, 0.2) is 36.5 Å². The minimum absolute atomic E-state index is 0.0115. The van der Waals surface area contributed by atoms with Crippen LogP contribution in [0.25, 0.3) is 0 Å². The molecule has 0 atom stereocenters. The first-order valence-electron chi connectivity index (χ1n) is 9.81. The predicted molar refractivity (Wildman–Crippen MR) is 111 cm³/mol. The van der Waals surface area contributed by atoms with E-state index in [0.717, 1.165) is 49.3 Å². The molecule has 0 bridgehead atoms. The number of carbonyl (C=O) groups excluding carboxylic acids is 1. The zero-order chi connectivity index (χ0) is 20.1. The number of likely N-dealkylation sites (tertiary alicyclic amines) is 1.